The smallest absolute Gasteiger partial charge is 0.307 e. The number of allylic oxidation sites excluding steroid dienone is 2. The molecule has 0 aliphatic heterocycles. The van der Waals surface area contributed by atoms with Crippen LogP contribution in [0.1, 0.15) is 45.4 Å². The normalized spacial score (nSPS) is 20.1. The molecule has 0 radical (unpaired) electrons. The van der Waals surface area contributed by atoms with Gasteiger partial charge in [-0.15, -0.1) is 0 Å². The van der Waals surface area contributed by atoms with Crippen molar-refractivity contribution in [2.75, 3.05) is 11.5 Å². The number of nitrogens with zero attached hydrogens (tertiary/aromatic N) is 1. The molecular formula is C15H23NO3S. The van der Waals surface area contributed by atoms with E-state index >= 15 is 0 Å². The number of carboxylic acid groups (broad SMARTS) is 1. The molecule has 0 aromatic heterocycles. The number of hydrogen-bond acceptors (Lipinski definition) is 3. The van der Waals surface area contributed by atoms with Gasteiger partial charge in [0.05, 0.1) is 11.7 Å². The Kier molecular flexibility index (Phi) is 5.52. The highest BCUT2D eigenvalue weighted by Gasteiger charge is 2.34. The monoisotopic (exact) mass is 297 g/mol. The van der Waals surface area contributed by atoms with Gasteiger partial charge in [-0.2, -0.15) is 11.8 Å². The van der Waals surface area contributed by atoms with E-state index in [4.69, 9.17) is 5.11 Å². The number of aliphatic carboxylic acids is 1. The maximum atomic E-state index is 12.4. The molecule has 0 bridgehead atoms. The summed E-state index contributed by atoms with van der Waals surface area (Å²) in [5, 5.41) is 8.84. The van der Waals surface area contributed by atoms with Crippen molar-refractivity contribution >= 4 is 23.6 Å². The van der Waals surface area contributed by atoms with Crippen molar-refractivity contribution in [1.29, 1.82) is 0 Å². The van der Waals surface area contributed by atoms with Gasteiger partial charge in [-0.25, -0.2) is 0 Å². The van der Waals surface area contributed by atoms with Crippen LogP contribution in [0, 0.1) is 5.92 Å². The number of hydrogen-bond donors (Lipinski definition) is 1. The summed E-state index contributed by atoms with van der Waals surface area (Å²) >= 11 is 1.44. The largest absolute Gasteiger partial charge is 0.481 e. The molecule has 0 heterocycles. The zero-order valence-corrected chi connectivity index (χ0v) is 12.8. The Morgan fingerprint density at radius 1 is 1.45 bits per heavy atom. The predicted octanol–water partition coefficient (Wildman–Crippen LogP) is 2.89. The maximum Gasteiger partial charge on any atom is 0.307 e. The zero-order valence-electron chi connectivity index (χ0n) is 12.0. The van der Waals surface area contributed by atoms with Crippen molar-refractivity contribution in [2.24, 2.45) is 5.92 Å². The number of thioether (sulfide) groups is 1. The Bertz CT molecular complexity index is 404. The fourth-order valence-electron chi connectivity index (χ4n) is 2.43. The van der Waals surface area contributed by atoms with Crippen LogP contribution in [0.3, 0.4) is 0 Å². The van der Waals surface area contributed by atoms with Crippen LogP contribution < -0.4 is 0 Å². The summed E-state index contributed by atoms with van der Waals surface area (Å²) in [6, 6.07) is 0.407. The first-order valence-corrected chi connectivity index (χ1v) is 8.56. The topological polar surface area (TPSA) is 57.6 Å². The van der Waals surface area contributed by atoms with Crippen LogP contribution in [0.4, 0.5) is 0 Å². The molecule has 2 rings (SSSR count). The van der Waals surface area contributed by atoms with Gasteiger partial charge < -0.3 is 10.0 Å². The van der Waals surface area contributed by atoms with Gasteiger partial charge >= 0.3 is 5.97 Å². The quantitative estimate of drug-likeness (QED) is 0.785. The molecule has 2 aliphatic carbocycles. The fraction of sp³-hybridized carbons (Fsp3) is 0.733. The molecule has 4 nitrogen and oxygen atoms in total. The molecule has 0 aromatic rings. The fourth-order valence-corrected chi connectivity index (χ4v) is 3.36. The van der Waals surface area contributed by atoms with Crippen LogP contribution in [0.15, 0.2) is 11.8 Å². The Morgan fingerprint density at radius 3 is 2.75 bits per heavy atom. The minimum Gasteiger partial charge on any atom is -0.481 e. The summed E-state index contributed by atoms with van der Waals surface area (Å²) in [7, 11) is 0. The molecular weight excluding hydrogens is 274 g/mol. The minimum absolute atomic E-state index is 0.156. The molecule has 1 unspecified atom stereocenters. The SMILES string of the molecule is CC(CSCC(=O)N(C1=CCCCC1)C1CC1)C(=O)O. The summed E-state index contributed by atoms with van der Waals surface area (Å²) in [6.07, 6.45) is 8.92. The Labute approximate surface area is 124 Å². The van der Waals surface area contributed by atoms with Crippen molar-refractivity contribution in [3.05, 3.63) is 11.8 Å². The molecule has 0 spiro atoms. The van der Waals surface area contributed by atoms with Gasteiger partial charge in [0.25, 0.3) is 0 Å². The lowest BCUT2D eigenvalue weighted by Crippen LogP contribution is -2.34. The third kappa shape index (κ3) is 4.27. The van der Waals surface area contributed by atoms with Gasteiger partial charge in [0.1, 0.15) is 0 Å². The molecule has 1 atom stereocenters. The Hall–Kier alpha value is -0.970. The summed E-state index contributed by atoms with van der Waals surface area (Å²) in [6.45, 7) is 1.68. The first-order valence-electron chi connectivity index (χ1n) is 7.41. The van der Waals surface area contributed by atoms with Crippen LogP contribution in [-0.4, -0.2) is 39.4 Å². The summed E-state index contributed by atoms with van der Waals surface area (Å²) in [5.41, 5.74) is 1.20. The molecule has 5 heteroatoms. The number of amides is 1. The van der Waals surface area contributed by atoms with E-state index in [1.807, 2.05) is 4.90 Å². The molecule has 1 amide bonds. The van der Waals surface area contributed by atoms with Crippen LogP contribution >= 0.6 is 11.8 Å². The Morgan fingerprint density at radius 2 is 2.20 bits per heavy atom. The second kappa shape index (κ2) is 7.16. The van der Waals surface area contributed by atoms with E-state index in [1.54, 1.807) is 6.92 Å². The van der Waals surface area contributed by atoms with Gasteiger partial charge in [0.2, 0.25) is 5.91 Å². The molecule has 1 fully saturated rings. The highest BCUT2D eigenvalue weighted by Crippen LogP contribution is 2.34. The van der Waals surface area contributed by atoms with Crippen molar-refractivity contribution < 1.29 is 14.7 Å². The molecule has 0 aromatic carbocycles. The second-order valence-electron chi connectivity index (χ2n) is 5.69. The highest BCUT2D eigenvalue weighted by atomic mass is 32.2. The number of carbonyl (C=O) groups is 2. The van der Waals surface area contributed by atoms with E-state index in [0.717, 1.165) is 25.7 Å². The number of carboxylic acids is 1. The van der Waals surface area contributed by atoms with Crippen molar-refractivity contribution in [1.82, 2.24) is 4.90 Å². The highest BCUT2D eigenvalue weighted by molar-refractivity contribution is 7.99. The van der Waals surface area contributed by atoms with Gasteiger partial charge in [0, 0.05) is 17.5 Å². The molecule has 2 aliphatic rings. The van der Waals surface area contributed by atoms with E-state index in [-0.39, 0.29) is 5.91 Å². The van der Waals surface area contributed by atoms with Gasteiger partial charge in [0.15, 0.2) is 0 Å². The average molecular weight is 297 g/mol. The van der Waals surface area contributed by atoms with E-state index in [9.17, 15) is 9.59 Å². The van der Waals surface area contributed by atoms with E-state index < -0.39 is 11.9 Å². The molecule has 1 saturated carbocycles. The lowest BCUT2D eigenvalue weighted by Gasteiger charge is -2.27. The van der Waals surface area contributed by atoms with Crippen LogP contribution in [0.2, 0.25) is 0 Å². The maximum absolute atomic E-state index is 12.4. The van der Waals surface area contributed by atoms with Crippen molar-refractivity contribution in [3.8, 4) is 0 Å². The first kappa shape index (κ1) is 15.4. The third-order valence-electron chi connectivity index (χ3n) is 3.77. The minimum atomic E-state index is -0.793. The molecule has 0 saturated heterocycles. The summed E-state index contributed by atoms with van der Waals surface area (Å²) < 4.78 is 0. The first-order chi connectivity index (χ1) is 9.59. The predicted molar refractivity (Wildman–Crippen MR) is 80.5 cm³/mol. The molecule has 20 heavy (non-hydrogen) atoms. The number of carbonyl (C=O) groups excluding carboxylic acids is 1. The zero-order chi connectivity index (χ0) is 14.5. The van der Waals surface area contributed by atoms with Gasteiger partial charge in [-0.05, 0) is 38.5 Å². The lowest BCUT2D eigenvalue weighted by molar-refractivity contribution is -0.140. The molecule has 112 valence electrons. The third-order valence-corrected chi connectivity index (χ3v) is 4.96. The average Bonchev–Trinajstić information content (AvgIpc) is 3.24. The second-order valence-corrected chi connectivity index (χ2v) is 6.72. The van der Waals surface area contributed by atoms with E-state index in [0.29, 0.717) is 17.5 Å². The van der Waals surface area contributed by atoms with Gasteiger partial charge in [-0.3, -0.25) is 9.59 Å². The molecule has 1 N–H and O–H groups in total. The lowest BCUT2D eigenvalue weighted by atomic mass is 10.0. The van der Waals surface area contributed by atoms with E-state index in [2.05, 4.69) is 6.08 Å². The summed E-state index contributed by atoms with van der Waals surface area (Å²) in [4.78, 5) is 25.1. The van der Waals surface area contributed by atoms with Crippen molar-refractivity contribution in [2.45, 2.75) is 51.5 Å². The summed E-state index contributed by atoms with van der Waals surface area (Å²) in [5.74, 6) is -0.136. The Balaban J connectivity index is 1.85. The van der Waals surface area contributed by atoms with Crippen LogP contribution in [-0.2, 0) is 9.59 Å². The van der Waals surface area contributed by atoms with E-state index in [1.165, 1.54) is 30.3 Å². The van der Waals surface area contributed by atoms with Crippen LogP contribution in [0.5, 0.6) is 0 Å². The van der Waals surface area contributed by atoms with Crippen LogP contribution in [0.25, 0.3) is 0 Å². The van der Waals surface area contributed by atoms with Gasteiger partial charge in [-0.1, -0.05) is 13.0 Å². The van der Waals surface area contributed by atoms with Crippen molar-refractivity contribution in [3.63, 3.8) is 0 Å². The number of rotatable bonds is 7. The standard InChI is InChI=1S/C15H23NO3S/c1-11(15(18)19)9-20-10-14(17)16(13-7-8-13)12-5-3-2-4-6-12/h5,11,13H,2-4,6-10H2,1H3,(H,18,19).